The minimum atomic E-state index is -0.224. The van der Waals surface area contributed by atoms with E-state index in [1.807, 2.05) is 26.8 Å². The van der Waals surface area contributed by atoms with Gasteiger partial charge in [0.15, 0.2) is 5.82 Å². The fourth-order valence-electron chi connectivity index (χ4n) is 3.12. The van der Waals surface area contributed by atoms with Crippen molar-refractivity contribution in [2.75, 3.05) is 12.4 Å². The van der Waals surface area contributed by atoms with Gasteiger partial charge in [-0.25, -0.2) is 4.68 Å². The Kier molecular flexibility index (Phi) is 5.85. The van der Waals surface area contributed by atoms with E-state index in [1.165, 1.54) is 0 Å². The van der Waals surface area contributed by atoms with Crippen molar-refractivity contribution < 1.29 is 14.3 Å². The number of ether oxygens (including phenoxy) is 2. The highest BCUT2D eigenvalue weighted by molar-refractivity contribution is 6.04. The first-order valence-electron chi connectivity index (χ1n) is 10.0. The Morgan fingerprint density at radius 2 is 1.72 bits per heavy atom. The molecule has 0 fully saturated rings. The van der Waals surface area contributed by atoms with Crippen LogP contribution in [0.25, 0.3) is 5.82 Å². The van der Waals surface area contributed by atoms with Gasteiger partial charge in [-0.15, -0.1) is 10.2 Å². The summed E-state index contributed by atoms with van der Waals surface area (Å²) in [6.07, 6.45) is 0. The average Bonchev–Trinajstić information content (AvgIpc) is 3.08. The zero-order chi connectivity index (χ0) is 22.7. The van der Waals surface area contributed by atoms with Crippen LogP contribution in [0.4, 0.5) is 5.69 Å². The second-order valence-corrected chi connectivity index (χ2v) is 7.25. The molecular formula is C24H23N5O3. The third kappa shape index (κ3) is 4.44. The van der Waals surface area contributed by atoms with Crippen LogP contribution in [0.1, 0.15) is 27.3 Å². The van der Waals surface area contributed by atoms with Crippen molar-refractivity contribution in [2.24, 2.45) is 0 Å². The fourth-order valence-corrected chi connectivity index (χ4v) is 3.12. The zero-order valence-electron chi connectivity index (χ0n) is 18.3. The highest BCUT2D eigenvalue weighted by Gasteiger charge is 2.11. The van der Waals surface area contributed by atoms with Crippen molar-refractivity contribution in [1.29, 1.82) is 0 Å². The Hall–Kier alpha value is -4.20. The number of hydrogen-bond donors (Lipinski definition) is 1. The largest absolute Gasteiger partial charge is 0.497 e. The maximum absolute atomic E-state index is 12.4. The number of rotatable bonds is 6. The third-order valence-electron chi connectivity index (χ3n) is 5.16. The Morgan fingerprint density at radius 3 is 2.34 bits per heavy atom. The molecule has 4 rings (SSSR count). The van der Waals surface area contributed by atoms with Gasteiger partial charge in [0, 0.05) is 23.0 Å². The van der Waals surface area contributed by atoms with Gasteiger partial charge in [-0.2, -0.15) is 5.10 Å². The quantitative estimate of drug-likeness (QED) is 0.480. The van der Waals surface area contributed by atoms with E-state index in [0.717, 1.165) is 17.0 Å². The summed E-state index contributed by atoms with van der Waals surface area (Å²) in [5.74, 6) is 1.97. The van der Waals surface area contributed by atoms with Crippen LogP contribution in [-0.2, 0) is 0 Å². The van der Waals surface area contributed by atoms with Crippen molar-refractivity contribution in [3.05, 3.63) is 83.2 Å². The molecule has 32 heavy (non-hydrogen) atoms. The van der Waals surface area contributed by atoms with E-state index in [0.29, 0.717) is 34.4 Å². The topological polar surface area (TPSA) is 91.2 Å². The predicted octanol–water partition coefficient (Wildman–Crippen LogP) is 4.64. The molecule has 8 heteroatoms. The van der Waals surface area contributed by atoms with Crippen LogP contribution in [0.3, 0.4) is 0 Å². The molecule has 0 saturated heterocycles. The predicted molar refractivity (Wildman–Crippen MR) is 121 cm³/mol. The standard InChI is InChI=1S/C24H23N5O3/c1-15-16(2)28-29(17(15)3)22-12-13-23(27-26-22)32-20-10-8-19(9-11-20)25-24(30)18-6-5-7-21(14-18)31-4/h5-14H,1-4H3,(H,25,30). The van der Waals surface area contributed by atoms with Gasteiger partial charge in [-0.1, -0.05) is 6.07 Å². The molecule has 0 bridgehead atoms. The fraction of sp³-hybridized carbons (Fsp3) is 0.167. The average molecular weight is 429 g/mol. The number of hydrogen-bond acceptors (Lipinski definition) is 6. The third-order valence-corrected chi connectivity index (χ3v) is 5.16. The van der Waals surface area contributed by atoms with Crippen LogP contribution in [-0.4, -0.2) is 33.0 Å². The smallest absolute Gasteiger partial charge is 0.255 e. The Morgan fingerprint density at radius 1 is 0.938 bits per heavy atom. The van der Waals surface area contributed by atoms with Gasteiger partial charge in [-0.3, -0.25) is 4.79 Å². The second kappa shape index (κ2) is 8.89. The maximum atomic E-state index is 12.4. The number of anilines is 1. The molecule has 0 atom stereocenters. The SMILES string of the molecule is COc1cccc(C(=O)Nc2ccc(Oc3ccc(-n4nc(C)c(C)c4C)nn3)cc2)c1. The van der Waals surface area contributed by atoms with Crippen LogP contribution in [0.5, 0.6) is 17.4 Å². The molecule has 4 aromatic rings. The summed E-state index contributed by atoms with van der Waals surface area (Å²) >= 11 is 0. The lowest BCUT2D eigenvalue weighted by molar-refractivity contribution is 0.102. The highest BCUT2D eigenvalue weighted by Crippen LogP contribution is 2.23. The molecule has 2 aromatic carbocycles. The lowest BCUT2D eigenvalue weighted by atomic mass is 10.2. The first kappa shape index (κ1) is 21.0. The normalized spacial score (nSPS) is 10.6. The molecule has 1 amide bonds. The summed E-state index contributed by atoms with van der Waals surface area (Å²) in [4.78, 5) is 12.4. The number of methoxy groups -OCH3 is 1. The molecule has 0 aliphatic carbocycles. The van der Waals surface area contributed by atoms with E-state index >= 15 is 0 Å². The van der Waals surface area contributed by atoms with E-state index in [9.17, 15) is 4.79 Å². The summed E-state index contributed by atoms with van der Waals surface area (Å²) < 4.78 is 12.7. The van der Waals surface area contributed by atoms with E-state index in [2.05, 4.69) is 20.6 Å². The Bertz CT molecular complexity index is 1250. The van der Waals surface area contributed by atoms with Gasteiger partial charge >= 0.3 is 0 Å². The summed E-state index contributed by atoms with van der Waals surface area (Å²) in [5, 5.41) is 15.7. The van der Waals surface area contributed by atoms with Crippen molar-refractivity contribution in [3.8, 4) is 23.2 Å². The number of aromatic nitrogens is 4. The molecule has 0 saturated carbocycles. The van der Waals surface area contributed by atoms with Gasteiger partial charge in [0.2, 0.25) is 5.88 Å². The monoisotopic (exact) mass is 429 g/mol. The van der Waals surface area contributed by atoms with Crippen LogP contribution in [0, 0.1) is 20.8 Å². The highest BCUT2D eigenvalue weighted by atomic mass is 16.5. The molecule has 2 heterocycles. The van der Waals surface area contributed by atoms with E-state index in [-0.39, 0.29) is 5.91 Å². The maximum Gasteiger partial charge on any atom is 0.255 e. The molecular weight excluding hydrogens is 406 g/mol. The summed E-state index contributed by atoms with van der Waals surface area (Å²) in [7, 11) is 1.56. The van der Waals surface area contributed by atoms with Crippen LogP contribution < -0.4 is 14.8 Å². The Labute approximate surface area is 185 Å². The van der Waals surface area contributed by atoms with Gasteiger partial charge in [0.1, 0.15) is 11.5 Å². The molecule has 162 valence electrons. The number of benzene rings is 2. The van der Waals surface area contributed by atoms with Gasteiger partial charge in [0.05, 0.1) is 12.8 Å². The first-order chi connectivity index (χ1) is 15.4. The number of aryl methyl sites for hydroxylation is 1. The van der Waals surface area contributed by atoms with Crippen molar-refractivity contribution >= 4 is 11.6 Å². The van der Waals surface area contributed by atoms with Crippen molar-refractivity contribution in [1.82, 2.24) is 20.0 Å². The van der Waals surface area contributed by atoms with E-state index < -0.39 is 0 Å². The summed E-state index contributed by atoms with van der Waals surface area (Å²) in [6, 6.07) is 17.5. The van der Waals surface area contributed by atoms with Crippen molar-refractivity contribution in [3.63, 3.8) is 0 Å². The van der Waals surface area contributed by atoms with E-state index in [1.54, 1.807) is 66.4 Å². The minimum Gasteiger partial charge on any atom is -0.497 e. The molecule has 0 radical (unpaired) electrons. The van der Waals surface area contributed by atoms with Crippen LogP contribution in [0.15, 0.2) is 60.7 Å². The molecule has 0 spiro atoms. The molecule has 0 aliphatic rings. The number of nitrogens with zero attached hydrogens (tertiary/aromatic N) is 4. The lowest BCUT2D eigenvalue weighted by Gasteiger charge is -2.09. The van der Waals surface area contributed by atoms with Crippen molar-refractivity contribution in [2.45, 2.75) is 20.8 Å². The lowest BCUT2D eigenvalue weighted by Crippen LogP contribution is -2.11. The minimum absolute atomic E-state index is 0.224. The number of nitrogens with one attached hydrogen (secondary N) is 1. The van der Waals surface area contributed by atoms with Gasteiger partial charge < -0.3 is 14.8 Å². The molecule has 0 unspecified atom stereocenters. The molecule has 0 aliphatic heterocycles. The number of amides is 1. The summed E-state index contributed by atoms with van der Waals surface area (Å²) in [6.45, 7) is 5.99. The second-order valence-electron chi connectivity index (χ2n) is 7.25. The molecule has 8 nitrogen and oxygen atoms in total. The number of carbonyl (C=O) groups is 1. The number of carbonyl (C=O) groups excluding carboxylic acids is 1. The zero-order valence-corrected chi connectivity index (χ0v) is 18.3. The first-order valence-corrected chi connectivity index (χ1v) is 10.0. The van der Waals surface area contributed by atoms with E-state index in [4.69, 9.17) is 9.47 Å². The van der Waals surface area contributed by atoms with Crippen LogP contribution in [0.2, 0.25) is 0 Å². The molecule has 1 N–H and O–H groups in total. The summed E-state index contributed by atoms with van der Waals surface area (Å²) in [5.41, 5.74) is 4.27. The van der Waals surface area contributed by atoms with Gasteiger partial charge in [-0.05, 0) is 74.9 Å². The van der Waals surface area contributed by atoms with Gasteiger partial charge in [0.25, 0.3) is 5.91 Å². The molecule has 2 aromatic heterocycles. The van der Waals surface area contributed by atoms with Crippen LogP contribution >= 0.6 is 0 Å². The Balaban J connectivity index is 1.41.